The minimum atomic E-state index is 0.383. The summed E-state index contributed by atoms with van der Waals surface area (Å²) in [6.45, 7) is 4.73. The normalized spacial score (nSPS) is 19.2. The maximum atomic E-state index is 2.57. The van der Waals surface area contributed by atoms with Gasteiger partial charge in [0.1, 0.15) is 0 Å². The largest absolute Gasteiger partial charge is 0.313 e. The maximum absolute atomic E-state index is 2.57. The summed E-state index contributed by atoms with van der Waals surface area (Å²) in [5, 5.41) is 2.52. The Morgan fingerprint density at radius 3 is 2.30 bits per heavy atom. The van der Waals surface area contributed by atoms with Gasteiger partial charge in [-0.1, -0.05) is 153 Å². The zero-order valence-electron chi connectivity index (χ0n) is 30.6. The Balaban J connectivity index is 1.18. The van der Waals surface area contributed by atoms with E-state index in [1.807, 2.05) is 0 Å². The van der Waals surface area contributed by atoms with Crippen LogP contribution >= 0.6 is 0 Å². The molecule has 0 bridgehead atoms. The first-order valence-corrected chi connectivity index (χ1v) is 19.4. The van der Waals surface area contributed by atoms with E-state index < -0.39 is 0 Å². The van der Waals surface area contributed by atoms with Gasteiger partial charge < -0.3 is 9.47 Å². The molecule has 0 spiro atoms. The summed E-state index contributed by atoms with van der Waals surface area (Å²) < 4.78 is 2.49. The van der Waals surface area contributed by atoms with E-state index in [9.17, 15) is 0 Å². The van der Waals surface area contributed by atoms with Gasteiger partial charge in [0.15, 0.2) is 0 Å². The molecule has 1 heterocycles. The second-order valence-electron chi connectivity index (χ2n) is 15.4. The zero-order valence-corrected chi connectivity index (χ0v) is 30.6. The van der Waals surface area contributed by atoms with Gasteiger partial charge in [-0.2, -0.15) is 0 Å². The lowest BCUT2D eigenvalue weighted by Crippen LogP contribution is -2.20. The Hall–Kier alpha value is -6.38. The number of hydrogen-bond donors (Lipinski definition) is 0. The van der Waals surface area contributed by atoms with Crippen LogP contribution in [0.3, 0.4) is 0 Å². The van der Waals surface area contributed by atoms with Gasteiger partial charge in [-0.15, -0.1) is 0 Å². The van der Waals surface area contributed by atoms with Crippen LogP contribution in [0.15, 0.2) is 187 Å². The first kappa shape index (κ1) is 31.2. The van der Waals surface area contributed by atoms with Crippen molar-refractivity contribution in [1.82, 2.24) is 4.57 Å². The first-order valence-electron chi connectivity index (χ1n) is 19.4. The molecule has 258 valence electrons. The third-order valence-corrected chi connectivity index (χ3v) is 12.2. The van der Waals surface area contributed by atoms with Crippen molar-refractivity contribution < 1.29 is 0 Å². The van der Waals surface area contributed by atoms with E-state index in [2.05, 4.69) is 199 Å². The molecule has 1 aromatic heterocycles. The number of nitrogens with zero attached hydrogens (tertiary/aromatic N) is 2. The number of anilines is 2. The third-order valence-electron chi connectivity index (χ3n) is 12.2. The highest BCUT2D eigenvalue weighted by molar-refractivity contribution is 6.12. The van der Waals surface area contributed by atoms with E-state index in [4.69, 9.17) is 0 Å². The summed E-state index contributed by atoms with van der Waals surface area (Å²) in [7, 11) is 0. The Morgan fingerprint density at radius 1 is 0.611 bits per heavy atom. The van der Waals surface area contributed by atoms with E-state index in [0.717, 1.165) is 6.42 Å². The molecule has 54 heavy (non-hydrogen) atoms. The van der Waals surface area contributed by atoms with Crippen molar-refractivity contribution in [2.45, 2.75) is 26.2 Å². The predicted molar refractivity (Wildman–Crippen MR) is 227 cm³/mol. The standard InChI is InChI=1S/C52H40N2/c1-33-15-12-18-36(31-33)53(48-28-14-25-45-50(48)44-24-13-23-39-34(2)38-19-6-7-22-43(38)52(45)51(39)44)37-29-30-42-41-21-9-11-27-47(41)54(49(42)32-37)46-26-10-8-20-40(46)35-16-4-3-5-17-35/h3-30,32-34,38H,31H2,1-2H3. The van der Waals surface area contributed by atoms with Gasteiger partial charge in [-0.3, -0.25) is 0 Å². The number of para-hydroxylation sites is 2. The Bertz CT molecular complexity index is 2840. The van der Waals surface area contributed by atoms with Gasteiger partial charge in [-0.25, -0.2) is 0 Å². The summed E-state index contributed by atoms with van der Waals surface area (Å²) in [5.74, 6) is 1.24. The van der Waals surface area contributed by atoms with Crippen LogP contribution in [0, 0.1) is 11.8 Å². The molecule has 4 aliphatic rings. The predicted octanol–water partition coefficient (Wildman–Crippen LogP) is 13.7. The molecule has 2 nitrogen and oxygen atoms in total. The molecule has 0 saturated carbocycles. The van der Waals surface area contributed by atoms with Gasteiger partial charge in [0.05, 0.1) is 22.4 Å². The average molecular weight is 693 g/mol. The van der Waals surface area contributed by atoms with Gasteiger partial charge in [0, 0.05) is 39.2 Å². The molecular formula is C52H40N2. The lowest BCUT2D eigenvalue weighted by Gasteiger charge is -2.33. The lowest BCUT2D eigenvalue weighted by molar-refractivity contribution is 0.615. The van der Waals surface area contributed by atoms with Crippen LogP contribution in [0.4, 0.5) is 11.4 Å². The number of fused-ring (bicyclic) bond motifs is 7. The van der Waals surface area contributed by atoms with Crippen LogP contribution in [0.1, 0.15) is 42.9 Å². The quantitative estimate of drug-likeness (QED) is 0.174. The van der Waals surface area contributed by atoms with Gasteiger partial charge >= 0.3 is 0 Å². The number of hydrogen-bond acceptors (Lipinski definition) is 1. The monoisotopic (exact) mass is 692 g/mol. The smallest absolute Gasteiger partial charge is 0.0562 e. The van der Waals surface area contributed by atoms with Crippen molar-refractivity contribution in [3.05, 3.63) is 204 Å². The third kappa shape index (κ3) is 4.53. The van der Waals surface area contributed by atoms with E-state index >= 15 is 0 Å². The highest BCUT2D eigenvalue weighted by Gasteiger charge is 2.39. The summed E-state index contributed by atoms with van der Waals surface area (Å²) in [6, 6.07) is 49.6. The molecule has 0 aliphatic heterocycles. The molecule has 0 radical (unpaired) electrons. The second-order valence-corrected chi connectivity index (χ2v) is 15.4. The fraction of sp³-hybridized carbons (Fsp3) is 0.115. The van der Waals surface area contributed by atoms with Crippen LogP contribution in [0.5, 0.6) is 0 Å². The van der Waals surface area contributed by atoms with Crippen molar-refractivity contribution in [3.63, 3.8) is 0 Å². The topological polar surface area (TPSA) is 8.17 Å². The fourth-order valence-electron chi connectivity index (χ4n) is 9.86. The lowest BCUT2D eigenvalue weighted by atomic mass is 9.70. The van der Waals surface area contributed by atoms with E-state index in [0.29, 0.717) is 17.8 Å². The molecule has 4 aliphatic carbocycles. The minimum absolute atomic E-state index is 0.383. The molecule has 0 N–H and O–H groups in total. The highest BCUT2D eigenvalue weighted by Crippen LogP contribution is 2.58. The van der Waals surface area contributed by atoms with Crippen molar-refractivity contribution in [3.8, 4) is 27.9 Å². The molecular weight excluding hydrogens is 653 g/mol. The van der Waals surface area contributed by atoms with Crippen LogP contribution in [0.2, 0.25) is 0 Å². The average Bonchev–Trinajstić information content (AvgIpc) is 3.74. The van der Waals surface area contributed by atoms with E-state index in [1.165, 1.54) is 94.7 Å². The molecule has 0 fully saturated rings. The summed E-state index contributed by atoms with van der Waals surface area (Å²) in [5.41, 5.74) is 19.5. The molecule has 2 heteroatoms. The van der Waals surface area contributed by atoms with Crippen LogP contribution < -0.4 is 4.90 Å². The maximum Gasteiger partial charge on any atom is 0.0562 e. The van der Waals surface area contributed by atoms with Crippen molar-refractivity contribution in [2.24, 2.45) is 11.8 Å². The van der Waals surface area contributed by atoms with E-state index in [-0.39, 0.29) is 0 Å². The number of aromatic nitrogens is 1. The van der Waals surface area contributed by atoms with E-state index in [1.54, 1.807) is 0 Å². The molecule has 3 atom stereocenters. The van der Waals surface area contributed by atoms with Gasteiger partial charge in [-0.05, 0) is 93.6 Å². The first-order chi connectivity index (χ1) is 26.7. The Kier molecular flexibility index (Phi) is 6.97. The van der Waals surface area contributed by atoms with Crippen LogP contribution in [-0.2, 0) is 0 Å². The summed E-state index contributed by atoms with van der Waals surface area (Å²) in [4.78, 5) is 2.57. The minimum Gasteiger partial charge on any atom is -0.313 e. The SMILES string of the molecule is CC1C=CC=C(N(c2ccc3c4ccccc4n(-c4ccccc4-c4ccccc4)c3c2)c2cccc3c2-c2cccc4c2C3=C2C=CC=CC2C4C)C1. The van der Waals surface area contributed by atoms with Crippen LogP contribution in [-0.4, -0.2) is 4.57 Å². The molecule has 7 aromatic rings. The molecule has 0 saturated heterocycles. The van der Waals surface area contributed by atoms with Gasteiger partial charge in [0.25, 0.3) is 0 Å². The van der Waals surface area contributed by atoms with Crippen molar-refractivity contribution >= 4 is 38.8 Å². The summed E-state index contributed by atoms with van der Waals surface area (Å²) in [6.07, 6.45) is 17.1. The Labute approximate surface area is 317 Å². The fourth-order valence-corrected chi connectivity index (χ4v) is 9.86. The van der Waals surface area contributed by atoms with Crippen molar-refractivity contribution in [1.29, 1.82) is 0 Å². The Morgan fingerprint density at radius 2 is 1.39 bits per heavy atom. The molecule has 6 aromatic carbocycles. The second kappa shape index (κ2) is 12.1. The summed E-state index contributed by atoms with van der Waals surface area (Å²) >= 11 is 0. The molecule has 0 amide bonds. The van der Waals surface area contributed by atoms with Crippen LogP contribution in [0.25, 0.3) is 55.3 Å². The molecule has 3 unspecified atom stereocenters. The number of benzene rings is 6. The van der Waals surface area contributed by atoms with Gasteiger partial charge in [0.2, 0.25) is 0 Å². The number of rotatable bonds is 5. The molecule has 11 rings (SSSR count). The number of allylic oxidation sites excluding steroid dienone is 9. The highest BCUT2D eigenvalue weighted by atomic mass is 15.2. The van der Waals surface area contributed by atoms with Crippen molar-refractivity contribution in [2.75, 3.05) is 4.90 Å². The zero-order chi connectivity index (χ0) is 35.9.